The number of nitrogens with two attached hydrogens (primary N) is 2. The summed E-state index contributed by atoms with van der Waals surface area (Å²) in [7, 11) is 0. The summed E-state index contributed by atoms with van der Waals surface area (Å²) in [5.74, 6) is -2.06. The van der Waals surface area contributed by atoms with Gasteiger partial charge in [-0.05, 0) is 31.2 Å². The zero-order valence-corrected chi connectivity index (χ0v) is 14.5. The Bertz CT molecular complexity index is 912. The molecule has 0 unspecified atom stereocenters. The first-order valence-corrected chi connectivity index (χ1v) is 8.19. The van der Waals surface area contributed by atoms with Crippen molar-refractivity contribution in [3.05, 3.63) is 35.4 Å². The lowest BCUT2D eigenvalue weighted by atomic mass is 9.92. The van der Waals surface area contributed by atoms with Crippen molar-refractivity contribution in [1.82, 2.24) is 9.97 Å². The molecule has 2 aromatic rings. The Balaban J connectivity index is 1.81. The van der Waals surface area contributed by atoms with Gasteiger partial charge in [0.1, 0.15) is 11.6 Å². The number of carbonyl (C=O) groups excluding carboxylic acids is 3. The van der Waals surface area contributed by atoms with Gasteiger partial charge >= 0.3 is 5.97 Å². The second-order valence-corrected chi connectivity index (χ2v) is 5.82. The minimum absolute atomic E-state index is 0.0373. The Morgan fingerprint density at radius 2 is 1.96 bits per heavy atom. The van der Waals surface area contributed by atoms with E-state index in [9.17, 15) is 14.4 Å². The third-order valence-corrected chi connectivity index (χ3v) is 3.97. The fourth-order valence-corrected chi connectivity index (χ4v) is 2.77. The predicted octanol–water partition coefficient (Wildman–Crippen LogP) is 0.882. The molecule has 1 aromatic carbocycles. The number of hydrogen-bond acceptors (Lipinski definition) is 8. The zero-order chi connectivity index (χ0) is 19.6. The van der Waals surface area contributed by atoms with Gasteiger partial charge in [-0.3, -0.25) is 9.59 Å². The van der Waals surface area contributed by atoms with Gasteiger partial charge < -0.3 is 26.8 Å². The van der Waals surface area contributed by atoms with Crippen molar-refractivity contribution in [3.8, 4) is 0 Å². The van der Waals surface area contributed by atoms with Crippen molar-refractivity contribution in [3.63, 3.8) is 0 Å². The van der Waals surface area contributed by atoms with Crippen LogP contribution in [0.3, 0.4) is 0 Å². The van der Waals surface area contributed by atoms with Gasteiger partial charge in [0.25, 0.3) is 0 Å². The molecule has 0 saturated carbocycles. The summed E-state index contributed by atoms with van der Waals surface area (Å²) in [4.78, 5) is 44.1. The highest BCUT2D eigenvalue weighted by Crippen LogP contribution is 2.35. The topological polar surface area (TPSA) is 162 Å². The molecule has 0 radical (unpaired) electrons. The fraction of sp³-hybridized carbons (Fsp3) is 0.235. The number of ether oxygens (including phenoxy) is 1. The molecule has 6 N–H and O–H groups in total. The van der Waals surface area contributed by atoms with Crippen LogP contribution in [-0.4, -0.2) is 34.4 Å². The standard InChI is InChI=1S/C17H18N6O4/c1-2-27-16(26)8-3-5-9(6-4-8)20-15(25)10-7-11(24)21-14-12(10)13(18)22-17(19)23-14/h3-6,10H,2,7H2,1H3,(H,20,25)(H5,18,19,21,22,23,24)/t10-/m1/s1. The van der Waals surface area contributed by atoms with E-state index >= 15 is 0 Å². The van der Waals surface area contributed by atoms with Gasteiger partial charge in [-0.25, -0.2) is 4.79 Å². The van der Waals surface area contributed by atoms with Crippen LogP contribution in [0.25, 0.3) is 0 Å². The Morgan fingerprint density at radius 1 is 1.26 bits per heavy atom. The summed E-state index contributed by atoms with van der Waals surface area (Å²) < 4.78 is 4.91. The number of carbonyl (C=O) groups is 3. The third-order valence-electron chi connectivity index (χ3n) is 3.97. The number of benzene rings is 1. The highest BCUT2D eigenvalue weighted by Gasteiger charge is 2.34. The van der Waals surface area contributed by atoms with Crippen LogP contribution >= 0.6 is 0 Å². The summed E-state index contributed by atoms with van der Waals surface area (Å²) in [6.07, 6.45) is -0.1000. The van der Waals surface area contributed by atoms with E-state index < -0.39 is 17.8 Å². The minimum Gasteiger partial charge on any atom is -0.462 e. The highest BCUT2D eigenvalue weighted by molar-refractivity contribution is 6.05. The van der Waals surface area contributed by atoms with Crippen molar-refractivity contribution in [1.29, 1.82) is 0 Å². The molecule has 2 heterocycles. The number of esters is 1. The Kier molecular flexibility index (Phi) is 4.88. The van der Waals surface area contributed by atoms with Crippen molar-refractivity contribution in [2.24, 2.45) is 0 Å². The van der Waals surface area contributed by atoms with E-state index in [0.717, 1.165) is 0 Å². The summed E-state index contributed by atoms with van der Waals surface area (Å²) >= 11 is 0. The second-order valence-electron chi connectivity index (χ2n) is 5.82. The van der Waals surface area contributed by atoms with Crippen LogP contribution < -0.4 is 22.1 Å². The smallest absolute Gasteiger partial charge is 0.338 e. The number of rotatable bonds is 4. The maximum Gasteiger partial charge on any atom is 0.338 e. The molecule has 10 nitrogen and oxygen atoms in total. The lowest BCUT2D eigenvalue weighted by molar-refractivity contribution is -0.123. The van der Waals surface area contributed by atoms with Gasteiger partial charge in [-0.15, -0.1) is 0 Å². The summed E-state index contributed by atoms with van der Waals surface area (Å²) in [6.45, 7) is 1.99. The molecule has 1 aromatic heterocycles. The molecule has 2 amide bonds. The molecule has 3 rings (SSSR count). The van der Waals surface area contributed by atoms with E-state index in [4.69, 9.17) is 16.2 Å². The number of nitrogens with zero attached hydrogens (tertiary/aromatic N) is 2. The predicted molar refractivity (Wildman–Crippen MR) is 97.9 cm³/mol. The van der Waals surface area contributed by atoms with Crippen molar-refractivity contribution >= 4 is 41.1 Å². The summed E-state index contributed by atoms with van der Waals surface area (Å²) in [6, 6.07) is 6.20. The Hall–Kier alpha value is -3.69. The van der Waals surface area contributed by atoms with E-state index in [0.29, 0.717) is 16.8 Å². The average molecular weight is 370 g/mol. The quantitative estimate of drug-likeness (QED) is 0.576. The van der Waals surface area contributed by atoms with Gasteiger partial charge in [0.05, 0.1) is 23.7 Å². The fourth-order valence-electron chi connectivity index (χ4n) is 2.77. The molecule has 140 valence electrons. The monoisotopic (exact) mass is 370 g/mol. The van der Waals surface area contributed by atoms with Crippen LogP contribution in [0, 0.1) is 0 Å². The number of nitrogens with one attached hydrogen (secondary N) is 2. The van der Waals surface area contributed by atoms with Crippen LogP contribution in [0.15, 0.2) is 24.3 Å². The Morgan fingerprint density at radius 3 is 2.63 bits per heavy atom. The van der Waals surface area contributed by atoms with Gasteiger partial charge in [0.15, 0.2) is 0 Å². The average Bonchev–Trinajstić information content (AvgIpc) is 2.61. The first kappa shape index (κ1) is 18.1. The molecule has 1 atom stereocenters. The van der Waals surface area contributed by atoms with Crippen LogP contribution in [-0.2, 0) is 14.3 Å². The van der Waals surface area contributed by atoms with E-state index in [1.165, 1.54) is 12.1 Å². The maximum atomic E-state index is 12.7. The van der Waals surface area contributed by atoms with Crippen molar-refractivity contribution in [2.75, 3.05) is 28.7 Å². The summed E-state index contributed by atoms with van der Waals surface area (Å²) in [5, 5.41) is 5.24. The molecule has 0 aliphatic carbocycles. The van der Waals surface area contributed by atoms with E-state index in [1.807, 2.05) is 0 Å². The van der Waals surface area contributed by atoms with Gasteiger partial charge in [0.2, 0.25) is 17.8 Å². The summed E-state index contributed by atoms with van der Waals surface area (Å²) in [5.41, 5.74) is 12.6. The lowest BCUT2D eigenvalue weighted by Crippen LogP contribution is -2.32. The maximum absolute atomic E-state index is 12.7. The molecule has 0 bridgehead atoms. The first-order chi connectivity index (χ1) is 12.9. The number of aromatic nitrogens is 2. The molecular formula is C17H18N6O4. The van der Waals surface area contributed by atoms with Crippen molar-refractivity contribution < 1.29 is 19.1 Å². The number of hydrogen-bond donors (Lipinski definition) is 4. The van der Waals surface area contributed by atoms with Crippen LogP contribution in [0.5, 0.6) is 0 Å². The first-order valence-electron chi connectivity index (χ1n) is 8.19. The Labute approximate surface area is 154 Å². The molecule has 1 aliphatic rings. The van der Waals surface area contributed by atoms with Crippen molar-refractivity contribution in [2.45, 2.75) is 19.3 Å². The SMILES string of the molecule is CCOC(=O)c1ccc(NC(=O)[C@@H]2CC(=O)Nc3nc(N)nc(N)c32)cc1. The second kappa shape index (κ2) is 7.28. The molecular weight excluding hydrogens is 352 g/mol. The van der Waals surface area contributed by atoms with Crippen LogP contribution in [0.1, 0.15) is 35.2 Å². The third kappa shape index (κ3) is 3.78. The number of fused-ring (bicyclic) bond motifs is 1. The molecule has 0 saturated heterocycles. The zero-order valence-electron chi connectivity index (χ0n) is 14.5. The highest BCUT2D eigenvalue weighted by atomic mass is 16.5. The molecule has 27 heavy (non-hydrogen) atoms. The number of anilines is 4. The van der Waals surface area contributed by atoms with Gasteiger partial charge in [0, 0.05) is 12.1 Å². The molecule has 0 fully saturated rings. The lowest BCUT2D eigenvalue weighted by Gasteiger charge is -2.25. The van der Waals surface area contributed by atoms with Crippen LogP contribution in [0.2, 0.25) is 0 Å². The van der Waals surface area contributed by atoms with E-state index in [-0.39, 0.29) is 36.5 Å². The van der Waals surface area contributed by atoms with E-state index in [1.54, 1.807) is 19.1 Å². The largest absolute Gasteiger partial charge is 0.462 e. The van der Waals surface area contributed by atoms with E-state index in [2.05, 4.69) is 20.6 Å². The molecule has 0 spiro atoms. The normalized spacial score (nSPS) is 15.4. The minimum atomic E-state index is -0.862. The molecule has 10 heteroatoms. The molecule has 1 aliphatic heterocycles. The number of nitrogen functional groups attached to an aromatic ring is 2. The van der Waals surface area contributed by atoms with Gasteiger partial charge in [-0.2, -0.15) is 9.97 Å². The van der Waals surface area contributed by atoms with Gasteiger partial charge in [-0.1, -0.05) is 0 Å². The number of amides is 2. The van der Waals surface area contributed by atoms with Crippen LogP contribution in [0.4, 0.5) is 23.3 Å².